The maximum Gasteiger partial charge on any atom is 0.273 e. The molecule has 0 aliphatic heterocycles. The van der Waals surface area contributed by atoms with E-state index in [1.54, 1.807) is 38.3 Å². The van der Waals surface area contributed by atoms with Crippen molar-refractivity contribution in [2.75, 3.05) is 18.2 Å². The van der Waals surface area contributed by atoms with Gasteiger partial charge in [-0.1, -0.05) is 30.0 Å². The predicted molar refractivity (Wildman–Crippen MR) is 152 cm³/mol. The fourth-order valence-corrected chi connectivity index (χ4v) is 4.70. The monoisotopic (exact) mass is 560 g/mol. The highest BCUT2D eigenvalue weighted by Crippen LogP contribution is 2.26. The Balaban J connectivity index is 1.54. The molecule has 0 atom stereocenters. The Morgan fingerprint density at radius 2 is 1.77 bits per heavy atom. The second kappa shape index (κ2) is 12.4. The van der Waals surface area contributed by atoms with Crippen molar-refractivity contribution in [3.8, 4) is 11.4 Å². The van der Waals surface area contributed by atoms with Gasteiger partial charge < -0.3 is 15.4 Å². The summed E-state index contributed by atoms with van der Waals surface area (Å²) in [6.45, 7) is 5.59. The van der Waals surface area contributed by atoms with Crippen molar-refractivity contribution in [2.45, 2.75) is 32.5 Å². The molecule has 40 heavy (non-hydrogen) atoms. The molecule has 11 nitrogen and oxygen atoms in total. The molecule has 0 bridgehead atoms. The molecule has 0 spiro atoms. The number of nitro groups is 1. The van der Waals surface area contributed by atoms with Gasteiger partial charge in [-0.3, -0.25) is 24.3 Å². The van der Waals surface area contributed by atoms with Gasteiger partial charge in [-0.25, -0.2) is 0 Å². The van der Waals surface area contributed by atoms with Crippen molar-refractivity contribution >= 4 is 35.0 Å². The van der Waals surface area contributed by atoms with E-state index in [4.69, 9.17) is 4.74 Å². The standard InChI is InChI=1S/C28H28N6O5S/c1-17-6-5-7-23(19(17)3)33-25(15-29-27(36)20-9-8-18(2)24(14-20)34(37)38)31-32-28(33)40-16-26(35)30-21-10-12-22(39-4)13-11-21/h5-14H,15-16H2,1-4H3,(H,29,36)(H,30,35). The molecule has 1 heterocycles. The third kappa shape index (κ3) is 6.46. The minimum Gasteiger partial charge on any atom is -0.497 e. The van der Waals surface area contributed by atoms with Crippen LogP contribution in [-0.2, 0) is 11.3 Å². The molecule has 2 amide bonds. The maximum absolute atomic E-state index is 12.9. The summed E-state index contributed by atoms with van der Waals surface area (Å²) < 4.78 is 6.96. The van der Waals surface area contributed by atoms with Gasteiger partial charge in [0.25, 0.3) is 11.6 Å². The van der Waals surface area contributed by atoms with Crippen LogP contribution in [0.3, 0.4) is 0 Å². The number of aryl methyl sites for hydroxylation is 2. The van der Waals surface area contributed by atoms with Gasteiger partial charge in [0.05, 0.1) is 30.0 Å². The summed E-state index contributed by atoms with van der Waals surface area (Å²) in [5.41, 5.74) is 4.02. The number of rotatable bonds is 10. The van der Waals surface area contributed by atoms with Gasteiger partial charge in [0.1, 0.15) is 5.75 Å². The molecule has 206 valence electrons. The molecule has 1 aromatic heterocycles. The van der Waals surface area contributed by atoms with E-state index in [2.05, 4.69) is 20.8 Å². The zero-order valence-electron chi connectivity index (χ0n) is 22.4. The van der Waals surface area contributed by atoms with Crippen LogP contribution in [0.15, 0.2) is 65.8 Å². The lowest BCUT2D eigenvalue weighted by Gasteiger charge is -2.15. The summed E-state index contributed by atoms with van der Waals surface area (Å²) in [5, 5.41) is 26.0. The third-order valence-electron chi connectivity index (χ3n) is 6.30. The van der Waals surface area contributed by atoms with E-state index in [0.717, 1.165) is 16.8 Å². The molecular formula is C28H28N6O5S. The Labute approximate surface area is 235 Å². The molecular weight excluding hydrogens is 532 g/mol. The van der Waals surface area contributed by atoms with Gasteiger partial charge in [-0.05, 0) is 68.3 Å². The van der Waals surface area contributed by atoms with Crippen LogP contribution in [0, 0.1) is 30.9 Å². The van der Waals surface area contributed by atoms with E-state index < -0.39 is 10.8 Å². The molecule has 0 fully saturated rings. The largest absolute Gasteiger partial charge is 0.497 e. The number of nitrogens with zero attached hydrogens (tertiary/aromatic N) is 4. The van der Waals surface area contributed by atoms with Gasteiger partial charge in [0, 0.05) is 22.9 Å². The zero-order chi connectivity index (χ0) is 28.8. The van der Waals surface area contributed by atoms with Crippen LogP contribution >= 0.6 is 11.8 Å². The van der Waals surface area contributed by atoms with Crippen LogP contribution in [0.1, 0.15) is 32.9 Å². The van der Waals surface area contributed by atoms with Crippen molar-refractivity contribution in [3.05, 3.63) is 98.9 Å². The molecule has 0 saturated carbocycles. The third-order valence-corrected chi connectivity index (χ3v) is 7.23. The number of carbonyl (C=O) groups is 2. The molecule has 0 radical (unpaired) electrons. The Hall–Kier alpha value is -4.71. The second-order valence-corrected chi connectivity index (χ2v) is 9.90. The highest BCUT2D eigenvalue weighted by molar-refractivity contribution is 7.99. The number of benzene rings is 3. The highest BCUT2D eigenvalue weighted by atomic mass is 32.2. The van der Waals surface area contributed by atoms with Crippen molar-refractivity contribution in [1.29, 1.82) is 0 Å². The summed E-state index contributed by atoms with van der Waals surface area (Å²) in [4.78, 5) is 36.3. The van der Waals surface area contributed by atoms with E-state index in [9.17, 15) is 19.7 Å². The maximum atomic E-state index is 12.9. The first-order valence-electron chi connectivity index (χ1n) is 12.3. The van der Waals surface area contributed by atoms with Crippen LogP contribution in [0.25, 0.3) is 5.69 Å². The average Bonchev–Trinajstić information content (AvgIpc) is 3.35. The molecule has 0 aliphatic carbocycles. The summed E-state index contributed by atoms with van der Waals surface area (Å²) in [6, 6.07) is 17.2. The minimum absolute atomic E-state index is 0.0134. The van der Waals surface area contributed by atoms with E-state index in [1.807, 2.05) is 36.6 Å². The van der Waals surface area contributed by atoms with Gasteiger partial charge in [0.2, 0.25) is 5.91 Å². The van der Waals surface area contributed by atoms with E-state index in [1.165, 1.54) is 30.0 Å². The summed E-state index contributed by atoms with van der Waals surface area (Å²) in [6.07, 6.45) is 0. The molecule has 0 saturated heterocycles. The highest BCUT2D eigenvalue weighted by Gasteiger charge is 2.20. The van der Waals surface area contributed by atoms with E-state index in [0.29, 0.717) is 28.0 Å². The number of nitrogens with one attached hydrogen (secondary N) is 2. The van der Waals surface area contributed by atoms with E-state index >= 15 is 0 Å². The molecule has 2 N–H and O–H groups in total. The Morgan fingerprint density at radius 1 is 1.02 bits per heavy atom. The lowest BCUT2D eigenvalue weighted by atomic mass is 10.1. The van der Waals surface area contributed by atoms with Crippen molar-refractivity contribution in [1.82, 2.24) is 20.1 Å². The Bertz CT molecular complexity index is 1570. The summed E-state index contributed by atoms with van der Waals surface area (Å²) in [7, 11) is 1.57. The zero-order valence-corrected chi connectivity index (χ0v) is 23.2. The number of methoxy groups -OCH3 is 1. The lowest BCUT2D eigenvalue weighted by molar-refractivity contribution is -0.385. The first kappa shape index (κ1) is 28.3. The lowest BCUT2D eigenvalue weighted by Crippen LogP contribution is -2.25. The number of anilines is 1. The SMILES string of the molecule is COc1ccc(NC(=O)CSc2nnc(CNC(=O)c3ccc(C)c([N+](=O)[O-])c3)n2-c2cccc(C)c2C)cc1. The van der Waals surface area contributed by atoms with Crippen LogP contribution in [0.2, 0.25) is 0 Å². The molecule has 3 aromatic carbocycles. The summed E-state index contributed by atoms with van der Waals surface area (Å²) >= 11 is 1.21. The van der Waals surface area contributed by atoms with Gasteiger partial charge >= 0.3 is 0 Å². The van der Waals surface area contributed by atoms with Crippen LogP contribution in [0.5, 0.6) is 5.75 Å². The van der Waals surface area contributed by atoms with Crippen LogP contribution < -0.4 is 15.4 Å². The Morgan fingerprint density at radius 3 is 2.48 bits per heavy atom. The van der Waals surface area contributed by atoms with E-state index in [-0.39, 0.29) is 29.5 Å². The normalized spacial score (nSPS) is 10.7. The fourth-order valence-electron chi connectivity index (χ4n) is 3.94. The van der Waals surface area contributed by atoms with Crippen molar-refractivity contribution < 1.29 is 19.2 Å². The first-order chi connectivity index (χ1) is 19.2. The van der Waals surface area contributed by atoms with Crippen molar-refractivity contribution in [2.24, 2.45) is 0 Å². The molecule has 0 unspecified atom stereocenters. The molecule has 4 aromatic rings. The number of hydrogen-bond acceptors (Lipinski definition) is 8. The number of amides is 2. The molecule has 0 aliphatic rings. The second-order valence-electron chi connectivity index (χ2n) is 8.96. The van der Waals surface area contributed by atoms with Gasteiger partial charge in [0.15, 0.2) is 11.0 Å². The fraction of sp³-hybridized carbons (Fsp3) is 0.214. The Kier molecular flexibility index (Phi) is 8.80. The first-order valence-corrected chi connectivity index (χ1v) is 13.3. The topological polar surface area (TPSA) is 141 Å². The van der Waals surface area contributed by atoms with Crippen molar-refractivity contribution in [3.63, 3.8) is 0 Å². The minimum atomic E-state index is -0.516. The van der Waals surface area contributed by atoms with Crippen LogP contribution in [-0.4, -0.2) is 44.4 Å². The number of thioether (sulfide) groups is 1. The van der Waals surface area contributed by atoms with Gasteiger partial charge in [-0.2, -0.15) is 0 Å². The molecule has 12 heteroatoms. The number of nitro benzene ring substituents is 1. The predicted octanol–water partition coefficient (Wildman–Crippen LogP) is 4.77. The number of hydrogen-bond donors (Lipinski definition) is 2. The van der Waals surface area contributed by atoms with Crippen LogP contribution in [0.4, 0.5) is 11.4 Å². The quantitative estimate of drug-likeness (QED) is 0.161. The average molecular weight is 561 g/mol. The summed E-state index contributed by atoms with van der Waals surface area (Å²) in [5.74, 6) is 0.512. The van der Waals surface area contributed by atoms with Gasteiger partial charge in [-0.15, -0.1) is 10.2 Å². The molecule has 4 rings (SSSR count). The number of carbonyl (C=O) groups excluding carboxylic acids is 2. The number of aromatic nitrogens is 3. The smallest absolute Gasteiger partial charge is 0.273 e. The number of ether oxygens (including phenoxy) is 1.